The van der Waals surface area contributed by atoms with E-state index in [1.54, 1.807) is 18.2 Å². The second-order valence-electron chi connectivity index (χ2n) is 4.68. The first-order valence-corrected chi connectivity index (χ1v) is 6.31. The quantitative estimate of drug-likeness (QED) is 0.793. The van der Waals surface area contributed by atoms with Crippen molar-refractivity contribution in [1.29, 1.82) is 0 Å². The van der Waals surface area contributed by atoms with Gasteiger partial charge in [0.15, 0.2) is 11.6 Å². The zero-order valence-electron chi connectivity index (χ0n) is 10.2. The summed E-state index contributed by atoms with van der Waals surface area (Å²) in [5.74, 6) is 0.0108. The predicted octanol–water partition coefficient (Wildman–Crippen LogP) is 3.89. The maximum atomic E-state index is 13.4. The number of halogens is 1. The highest BCUT2D eigenvalue weighted by atomic mass is 19.1. The van der Waals surface area contributed by atoms with Crippen LogP contribution in [0.4, 0.5) is 4.39 Å². The van der Waals surface area contributed by atoms with Crippen LogP contribution in [0.1, 0.15) is 23.1 Å². The highest BCUT2D eigenvalue weighted by Gasteiger charge is 2.11. The van der Waals surface area contributed by atoms with Crippen LogP contribution >= 0.6 is 0 Å². The van der Waals surface area contributed by atoms with E-state index in [1.165, 1.54) is 30.0 Å². The Morgan fingerprint density at radius 2 is 1.83 bits per heavy atom. The Balaban J connectivity index is 1.72. The standard InChI is InChI=1S/C16H15FO/c17-15-6-1-2-7-16(15)18-11-12-8-9-13-4-3-5-14(13)10-12/h1-2,6-10H,3-5,11H2. The van der Waals surface area contributed by atoms with E-state index in [2.05, 4.69) is 18.2 Å². The maximum Gasteiger partial charge on any atom is 0.165 e. The van der Waals surface area contributed by atoms with Gasteiger partial charge in [-0.15, -0.1) is 0 Å². The van der Waals surface area contributed by atoms with Crippen LogP contribution in [0, 0.1) is 5.82 Å². The summed E-state index contributed by atoms with van der Waals surface area (Å²) in [6.45, 7) is 0.425. The van der Waals surface area contributed by atoms with Crippen LogP contribution in [0.25, 0.3) is 0 Å². The van der Waals surface area contributed by atoms with E-state index < -0.39 is 0 Å². The van der Waals surface area contributed by atoms with E-state index in [1.807, 2.05) is 0 Å². The van der Waals surface area contributed by atoms with Gasteiger partial charge in [-0.05, 0) is 48.1 Å². The summed E-state index contributed by atoms with van der Waals surface area (Å²) in [5, 5.41) is 0. The van der Waals surface area contributed by atoms with Crippen molar-refractivity contribution >= 4 is 0 Å². The number of para-hydroxylation sites is 1. The average molecular weight is 242 g/mol. The number of fused-ring (bicyclic) bond motifs is 1. The van der Waals surface area contributed by atoms with Crippen molar-refractivity contribution in [3.05, 3.63) is 65.0 Å². The third-order valence-electron chi connectivity index (χ3n) is 3.39. The molecule has 3 rings (SSSR count). The van der Waals surface area contributed by atoms with Gasteiger partial charge in [0, 0.05) is 0 Å². The Labute approximate surface area is 106 Å². The number of hydrogen-bond acceptors (Lipinski definition) is 1. The SMILES string of the molecule is Fc1ccccc1OCc1ccc2c(c1)CCC2. The fraction of sp³-hybridized carbons (Fsp3) is 0.250. The third kappa shape index (κ3) is 2.23. The summed E-state index contributed by atoms with van der Waals surface area (Å²) < 4.78 is 18.9. The number of hydrogen-bond donors (Lipinski definition) is 0. The average Bonchev–Trinajstić information content (AvgIpc) is 2.85. The van der Waals surface area contributed by atoms with E-state index in [4.69, 9.17) is 4.74 Å². The van der Waals surface area contributed by atoms with E-state index in [9.17, 15) is 4.39 Å². The number of rotatable bonds is 3. The van der Waals surface area contributed by atoms with Crippen LogP contribution in [0.3, 0.4) is 0 Å². The lowest BCUT2D eigenvalue weighted by Gasteiger charge is -2.08. The molecular formula is C16H15FO. The molecule has 0 spiro atoms. The molecule has 0 saturated heterocycles. The smallest absolute Gasteiger partial charge is 0.165 e. The summed E-state index contributed by atoms with van der Waals surface area (Å²) >= 11 is 0. The molecule has 0 heterocycles. The van der Waals surface area contributed by atoms with Crippen LogP contribution in [-0.2, 0) is 19.4 Å². The Morgan fingerprint density at radius 3 is 2.72 bits per heavy atom. The Hall–Kier alpha value is -1.83. The first-order valence-electron chi connectivity index (χ1n) is 6.31. The van der Waals surface area contributed by atoms with Crippen molar-refractivity contribution in [2.75, 3.05) is 0 Å². The molecular weight excluding hydrogens is 227 g/mol. The van der Waals surface area contributed by atoms with Gasteiger partial charge in [0.05, 0.1) is 0 Å². The lowest BCUT2D eigenvalue weighted by atomic mass is 10.1. The molecule has 0 aliphatic heterocycles. The molecule has 1 aliphatic rings. The van der Waals surface area contributed by atoms with E-state index in [0.29, 0.717) is 12.4 Å². The predicted molar refractivity (Wildman–Crippen MR) is 69.2 cm³/mol. The molecule has 0 atom stereocenters. The van der Waals surface area contributed by atoms with Crippen molar-refractivity contribution in [2.24, 2.45) is 0 Å². The first kappa shape index (κ1) is 11.3. The molecule has 0 bridgehead atoms. The summed E-state index contributed by atoms with van der Waals surface area (Å²) in [5.41, 5.74) is 3.98. The van der Waals surface area contributed by atoms with Gasteiger partial charge >= 0.3 is 0 Å². The fourth-order valence-corrected chi connectivity index (χ4v) is 2.44. The second kappa shape index (κ2) is 4.81. The van der Waals surface area contributed by atoms with E-state index in [-0.39, 0.29) is 5.82 Å². The van der Waals surface area contributed by atoms with Crippen molar-refractivity contribution < 1.29 is 9.13 Å². The van der Waals surface area contributed by atoms with Crippen molar-refractivity contribution in [2.45, 2.75) is 25.9 Å². The molecule has 0 N–H and O–H groups in total. The van der Waals surface area contributed by atoms with Crippen LogP contribution in [0.5, 0.6) is 5.75 Å². The van der Waals surface area contributed by atoms with Crippen molar-refractivity contribution in [1.82, 2.24) is 0 Å². The van der Waals surface area contributed by atoms with Gasteiger partial charge in [0.2, 0.25) is 0 Å². The van der Waals surface area contributed by atoms with Gasteiger partial charge in [0.25, 0.3) is 0 Å². The highest BCUT2D eigenvalue weighted by Crippen LogP contribution is 2.24. The molecule has 18 heavy (non-hydrogen) atoms. The van der Waals surface area contributed by atoms with E-state index in [0.717, 1.165) is 12.0 Å². The van der Waals surface area contributed by atoms with Gasteiger partial charge in [-0.3, -0.25) is 0 Å². The molecule has 0 amide bonds. The van der Waals surface area contributed by atoms with Gasteiger partial charge in [-0.2, -0.15) is 0 Å². The van der Waals surface area contributed by atoms with Gasteiger partial charge in [-0.25, -0.2) is 4.39 Å². The van der Waals surface area contributed by atoms with Gasteiger partial charge in [0.1, 0.15) is 6.61 Å². The Bertz CT molecular complexity index is 563. The molecule has 0 saturated carbocycles. The molecule has 92 valence electrons. The van der Waals surface area contributed by atoms with Crippen molar-refractivity contribution in [3.63, 3.8) is 0 Å². The van der Waals surface area contributed by atoms with Crippen LogP contribution < -0.4 is 4.74 Å². The molecule has 1 aliphatic carbocycles. The maximum absolute atomic E-state index is 13.4. The number of benzene rings is 2. The topological polar surface area (TPSA) is 9.23 Å². The monoisotopic (exact) mass is 242 g/mol. The summed E-state index contributed by atoms with van der Waals surface area (Å²) in [6, 6.07) is 12.9. The molecule has 0 radical (unpaired) electrons. The molecule has 1 nitrogen and oxygen atoms in total. The first-order chi connectivity index (χ1) is 8.83. The van der Waals surface area contributed by atoms with Crippen molar-refractivity contribution in [3.8, 4) is 5.75 Å². The zero-order chi connectivity index (χ0) is 12.4. The Morgan fingerprint density at radius 1 is 1.00 bits per heavy atom. The van der Waals surface area contributed by atoms with Crippen LogP contribution in [0.2, 0.25) is 0 Å². The Kier molecular flexibility index (Phi) is 3.01. The number of aryl methyl sites for hydroxylation is 2. The molecule has 0 unspecified atom stereocenters. The van der Waals surface area contributed by atoms with Gasteiger partial charge in [-0.1, -0.05) is 30.3 Å². The molecule has 2 aromatic rings. The molecule has 0 aromatic heterocycles. The minimum atomic E-state index is -0.307. The minimum Gasteiger partial charge on any atom is -0.486 e. The minimum absolute atomic E-state index is 0.307. The summed E-state index contributed by atoms with van der Waals surface area (Å²) in [7, 11) is 0. The lowest BCUT2D eigenvalue weighted by Crippen LogP contribution is -1.98. The normalized spacial score (nSPS) is 13.4. The summed E-state index contributed by atoms with van der Waals surface area (Å²) in [6.07, 6.45) is 3.58. The zero-order valence-corrected chi connectivity index (χ0v) is 10.2. The number of ether oxygens (including phenoxy) is 1. The van der Waals surface area contributed by atoms with Crippen LogP contribution in [-0.4, -0.2) is 0 Å². The molecule has 2 heteroatoms. The second-order valence-corrected chi connectivity index (χ2v) is 4.68. The highest BCUT2D eigenvalue weighted by molar-refractivity contribution is 5.35. The fourth-order valence-electron chi connectivity index (χ4n) is 2.44. The molecule has 0 fully saturated rings. The van der Waals surface area contributed by atoms with Crippen LogP contribution in [0.15, 0.2) is 42.5 Å². The lowest BCUT2D eigenvalue weighted by molar-refractivity contribution is 0.290. The largest absolute Gasteiger partial charge is 0.486 e. The molecule has 2 aromatic carbocycles. The third-order valence-corrected chi connectivity index (χ3v) is 3.39. The van der Waals surface area contributed by atoms with E-state index >= 15 is 0 Å². The van der Waals surface area contributed by atoms with Gasteiger partial charge < -0.3 is 4.74 Å². The summed E-state index contributed by atoms with van der Waals surface area (Å²) in [4.78, 5) is 0.